The summed E-state index contributed by atoms with van der Waals surface area (Å²) in [4.78, 5) is 4.41. The Morgan fingerprint density at radius 3 is 3.14 bits per heavy atom. The molecule has 1 aromatic rings. The van der Waals surface area contributed by atoms with E-state index in [4.69, 9.17) is 0 Å². The number of hydrogen-bond acceptors (Lipinski definition) is 2. The lowest BCUT2D eigenvalue weighted by Crippen LogP contribution is -2.13. The molecule has 1 aliphatic rings. The molecule has 0 aliphatic carbocycles. The van der Waals surface area contributed by atoms with Gasteiger partial charge < -0.3 is 0 Å². The van der Waals surface area contributed by atoms with E-state index in [0.717, 1.165) is 6.54 Å². The fourth-order valence-electron chi connectivity index (χ4n) is 1.78. The van der Waals surface area contributed by atoms with Crippen LogP contribution in [0.15, 0.2) is 29.3 Å². The van der Waals surface area contributed by atoms with Crippen molar-refractivity contribution in [2.75, 3.05) is 18.1 Å². The average Bonchev–Trinajstić information content (AvgIpc) is 2.26. The Balaban J connectivity index is 2.18. The van der Waals surface area contributed by atoms with Crippen molar-refractivity contribution in [2.45, 2.75) is 12.8 Å². The Hall–Kier alpha value is -0.760. The maximum atomic E-state index is 4.41. The lowest BCUT2D eigenvalue weighted by molar-refractivity contribution is 0.776. The zero-order chi connectivity index (χ0) is 9.80. The van der Waals surface area contributed by atoms with Crippen molar-refractivity contribution >= 4 is 18.0 Å². The standard InChI is InChI=1S/C12H15NS/c1-2-14-9-11-8-13-7-10-5-3-4-6-12(10)11/h3-7,11H,2,8-9H2,1H3. The van der Waals surface area contributed by atoms with Crippen LogP contribution in [-0.2, 0) is 0 Å². The number of aliphatic imine (C=N–C) groups is 1. The smallest absolute Gasteiger partial charge is 0.0466 e. The van der Waals surface area contributed by atoms with E-state index >= 15 is 0 Å². The fourth-order valence-corrected chi connectivity index (χ4v) is 2.58. The maximum absolute atomic E-state index is 4.41. The van der Waals surface area contributed by atoms with Gasteiger partial charge in [-0.3, -0.25) is 4.99 Å². The Bertz CT molecular complexity index is 333. The lowest BCUT2D eigenvalue weighted by atomic mass is 9.94. The van der Waals surface area contributed by atoms with E-state index in [0.29, 0.717) is 5.92 Å². The highest BCUT2D eigenvalue weighted by atomic mass is 32.2. The van der Waals surface area contributed by atoms with Crippen LogP contribution in [0.4, 0.5) is 0 Å². The van der Waals surface area contributed by atoms with Gasteiger partial charge in [0.05, 0.1) is 0 Å². The summed E-state index contributed by atoms with van der Waals surface area (Å²) < 4.78 is 0. The second-order valence-electron chi connectivity index (χ2n) is 3.48. The van der Waals surface area contributed by atoms with Gasteiger partial charge in [0, 0.05) is 24.4 Å². The van der Waals surface area contributed by atoms with Gasteiger partial charge in [-0.1, -0.05) is 31.2 Å². The molecule has 74 valence electrons. The third-order valence-electron chi connectivity index (χ3n) is 2.52. The Morgan fingerprint density at radius 1 is 1.43 bits per heavy atom. The van der Waals surface area contributed by atoms with Crippen molar-refractivity contribution in [3.05, 3.63) is 35.4 Å². The van der Waals surface area contributed by atoms with Crippen LogP contribution in [0.2, 0.25) is 0 Å². The van der Waals surface area contributed by atoms with Gasteiger partial charge in [-0.25, -0.2) is 0 Å². The van der Waals surface area contributed by atoms with Crippen molar-refractivity contribution in [1.82, 2.24) is 0 Å². The molecule has 14 heavy (non-hydrogen) atoms. The van der Waals surface area contributed by atoms with E-state index in [1.807, 2.05) is 18.0 Å². The van der Waals surface area contributed by atoms with E-state index in [9.17, 15) is 0 Å². The molecule has 0 saturated heterocycles. The van der Waals surface area contributed by atoms with Crippen molar-refractivity contribution in [1.29, 1.82) is 0 Å². The van der Waals surface area contributed by atoms with Crippen LogP contribution in [0.5, 0.6) is 0 Å². The lowest BCUT2D eigenvalue weighted by Gasteiger charge is -2.20. The molecule has 0 spiro atoms. The molecule has 1 unspecified atom stereocenters. The predicted molar refractivity (Wildman–Crippen MR) is 64.6 cm³/mol. The van der Waals surface area contributed by atoms with E-state index < -0.39 is 0 Å². The van der Waals surface area contributed by atoms with Crippen LogP contribution >= 0.6 is 11.8 Å². The molecular weight excluding hydrogens is 190 g/mol. The van der Waals surface area contributed by atoms with Gasteiger partial charge in [-0.15, -0.1) is 0 Å². The monoisotopic (exact) mass is 205 g/mol. The molecule has 1 aliphatic heterocycles. The van der Waals surface area contributed by atoms with E-state index in [-0.39, 0.29) is 0 Å². The van der Waals surface area contributed by atoms with Crippen LogP contribution < -0.4 is 0 Å². The third kappa shape index (κ3) is 2.01. The largest absolute Gasteiger partial charge is 0.292 e. The first-order chi connectivity index (χ1) is 6.92. The molecule has 0 aromatic heterocycles. The minimum atomic E-state index is 0.626. The van der Waals surface area contributed by atoms with Gasteiger partial charge in [0.2, 0.25) is 0 Å². The highest BCUT2D eigenvalue weighted by Crippen LogP contribution is 2.26. The van der Waals surface area contributed by atoms with Crippen molar-refractivity contribution in [3.63, 3.8) is 0 Å². The SMILES string of the molecule is CCSCC1CN=Cc2ccccc21. The van der Waals surface area contributed by atoms with Crippen LogP contribution in [0.3, 0.4) is 0 Å². The molecule has 0 bridgehead atoms. The summed E-state index contributed by atoms with van der Waals surface area (Å²) in [6.07, 6.45) is 2.00. The van der Waals surface area contributed by atoms with Gasteiger partial charge in [-0.2, -0.15) is 11.8 Å². The van der Waals surface area contributed by atoms with Crippen molar-refractivity contribution in [2.24, 2.45) is 4.99 Å². The van der Waals surface area contributed by atoms with Crippen LogP contribution in [-0.4, -0.2) is 24.3 Å². The zero-order valence-corrected chi connectivity index (χ0v) is 9.26. The molecule has 0 fully saturated rings. The molecule has 0 saturated carbocycles. The predicted octanol–water partition coefficient (Wildman–Crippen LogP) is 2.96. The first kappa shape index (κ1) is 9.78. The van der Waals surface area contributed by atoms with Gasteiger partial charge in [-0.05, 0) is 16.9 Å². The Morgan fingerprint density at radius 2 is 2.29 bits per heavy atom. The number of nitrogens with zero attached hydrogens (tertiary/aromatic N) is 1. The van der Waals surface area contributed by atoms with Crippen molar-refractivity contribution < 1.29 is 0 Å². The average molecular weight is 205 g/mol. The first-order valence-corrected chi connectivity index (χ1v) is 6.23. The Kier molecular flexibility index (Phi) is 3.25. The summed E-state index contributed by atoms with van der Waals surface area (Å²) in [7, 11) is 0. The van der Waals surface area contributed by atoms with Crippen LogP contribution in [0, 0.1) is 0 Å². The first-order valence-electron chi connectivity index (χ1n) is 5.08. The minimum absolute atomic E-state index is 0.626. The number of thioether (sulfide) groups is 1. The summed E-state index contributed by atoms with van der Waals surface area (Å²) in [5.74, 6) is 3.02. The zero-order valence-electron chi connectivity index (χ0n) is 8.44. The third-order valence-corrected chi connectivity index (χ3v) is 3.56. The van der Waals surface area contributed by atoms with Crippen molar-refractivity contribution in [3.8, 4) is 0 Å². The Labute approximate surface area is 89.6 Å². The van der Waals surface area contributed by atoms with E-state index in [2.05, 4.69) is 36.2 Å². The summed E-state index contributed by atoms with van der Waals surface area (Å²) >= 11 is 2.00. The van der Waals surface area contributed by atoms with Gasteiger partial charge in [0.25, 0.3) is 0 Å². The normalized spacial score (nSPS) is 19.4. The molecule has 2 heteroatoms. The highest BCUT2D eigenvalue weighted by Gasteiger charge is 2.16. The molecule has 1 aromatic carbocycles. The number of rotatable bonds is 3. The summed E-state index contributed by atoms with van der Waals surface area (Å²) in [5, 5.41) is 0. The molecule has 1 nitrogen and oxygen atoms in total. The van der Waals surface area contributed by atoms with E-state index in [1.165, 1.54) is 22.6 Å². The minimum Gasteiger partial charge on any atom is -0.292 e. The number of hydrogen-bond donors (Lipinski definition) is 0. The van der Waals surface area contributed by atoms with Gasteiger partial charge in [0.15, 0.2) is 0 Å². The molecule has 0 radical (unpaired) electrons. The highest BCUT2D eigenvalue weighted by molar-refractivity contribution is 7.99. The second-order valence-corrected chi connectivity index (χ2v) is 4.80. The quantitative estimate of drug-likeness (QED) is 0.739. The summed E-state index contributed by atoms with van der Waals surface area (Å²) in [6, 6.07) is 8.60. The van der Waals surface area contributed by atoms with Gasteiger partial charge >= 0.3 is 0 Å². The topological polar surface area (TPSA) is 12.4 Å². The second kappa shape index (κ2) is 4.65. The molecule has 2 rings (SSSR count). The molecule has 1 atom stereocenters. The molecule has 0 N–H and O–H groups in total. The fraction of sp³-hybridized carbons (Fsp3) is 0.417. The van der Waals surface area contributed by atoms with Gasteiger partial charge in [0.1, 0.15) is 0 Å². The van der Waals surface area contributed by atoms with Crippen LogP contribution in [0.1, 0.15) is 24.0 Å². The van der Waals surface area contributed by atoms with Crippen LogP contribution in [0.25, 0.3) is 0 Å². The summed E-state index contributed by atoms with van der Waals surface area (Å²) in [5.41, 5.74) is 2.78. The molecular formula is C12H15NS. The maximum Gasteiger partial charge on any atom is 0.0466 e. The summed E-state index contributed by atoms with van der Waals surface area (Å²) in [6.45, 7) is 3.17. The van der Waals surface area contributed by atoms with E-state index in [1.54, 1.807) is 0 Å². The number of benzene rings is 1. The molecule has 0 amide bonds. The molecule has 1 heterocycles. The number of fused-ring (bicyclic) bond motifs is 1.